The average Bonchev–Trinajstić information content (AvgIpc) is 3.18. The topological polar surface area (TPSA) is 42.0 Å². The smallest absolute Gasteiger partial charge is 0.225 e. The minimum absolute atomic E-state index is 0.0476. The van der Waals surface area contributed by atoms with Gasteiger partial charge in [-0.1, -0.05) is 30.3 Å². The van der Waals surface area contributed by atoms with Crippen molar-refractivity contribution in [2.24, 2.45) is 0 Å². The number of carbonyl (C=O) groups is 1. The normalized spacial score (nSPS) is 10.5. The maximum absolute atomic E-state index is 12.0. The van der Waals surface area contributed by atoms with Crippen molar-refractivity contribution in [3.05, 3.63) is 63.8 Å². The Hall–Kier alpha value is -1.98. The van der Waals surface area contributed by atoms with Crippen LogP contribution in [0.15, 0.2) is 53.4 Å². The van der Waals surface area contributed by atoms with E-state index in [1.165, 1.54) is 0 Å². The molecular formula is C16H14N2OS2. The molecule has 0 atom stereocenters. The van der Waals surface area contributed by atoms with Crippen molar-refractivity contribution in [2.75, 3.05) is 0 Å². The summed E-state index contributed by atoms with van der Waals surface area (Å²) < 4.78 is 0. The van der Waals surface area contributed by atoms with Gasteiger partial charge in [0.2, 0.25) is 5.91 Å². The van der Waals surface area contributed by atoms with Crippen LogP contribution >= 0.6 is 22.7 Å². The van der Waals surface area contributed by atoms with Crippen LogP contribution < -0.4 is 5.32 Å². The highest BCUT2D eigenvalue weighted by atomic mass is 32.1. The number of thiophene rings is 1. The maximum atomic E-state index is 12.0. The van der Waals surface area contributed by atoms with Crippen molar-refractivity contribution >= 4 is 28.6 Å². The van der Waals surface area contributed by atoms with Crippen molar-refractivity contribution in [3.8, 4) is 10.6 Å². The summed E-state index contributed by atoms with van der Waals surface area (Å²) in [6.07, 6.45) is 2.24. The molecule has 0 unspecified atom stereocenters. The minimum atomic E-state index is 0.0476. The van der Waals surface area contributed by atoms with Crippen molar-refractivity contribution < 1.29 is 4.79 Å². The first-order chi connectivity index (χ1) is 10.3. The molecule has 0 fully saturated rings. The lowest BCUT2D eigenvalue weighted by atomic mass is 10.1. The molecule has 3 rings (SSSR count). The second-order valence-corrected chi connectivity index (χ2v) is 6.45. The Bertz CT molecular complexity index is 706. The quantitative estimate of drug-likeness (QED) is 0.779. The molecule has 0 saturated heterocycles. The maximum Gasteiger partial charge on any atom is 0.225 e. The highest BCUT2D eigenvalue weighted by molar-refractivity contribution is 7.13. The summed E-state index contributed by atoms with van der Waals surface area (Å²) >= 11 is 3.21. The largest absolute Gasteiger partial charge is 0.352 e. The third kappa shape index (κ3) is 3.56. The van der Waals surface area contributed by atoms with Gasteiger partial charge in [0.05, 0.1) is 6.42 Å². The Morgan fingerprint density at radius 3 is 2.76 bits per heavy atom. The predicted molar refractivity (Wildman–Crippen MR) is 87.4 cm³/mol. The van der Waals surface area contributed by atoms with E-state index in [9.17, 15) is 4.79 Å². The van der Waals surface area contributed by atoms with Gasteiger partial charge < -0.3 is 5.32 Å². The van der Waals surface area contributed by atoms with Crippen LogP contribution in [0.25, 0.3) is 10.6 Å². The highest BCUT2D eigenvalue weighted by Crippen LogP contribution is 2.25. The number of benzene rings is 1. The van der Waals surface area contributed by atoms with Crippen LogP contribution in [0.4, 0.5) is 0 Å². The summed E-state index contributed by atoms with van der Waals surface area (Å²) in [5, 5.41) is 7.91. The molecular weight excluding hydrogens is 300 g/mol. The van der Waals surface area contributed by atoms with Crippen LogP contribution in [0.1, 0.15) is 10.4 Å². The zero-order valence-electron chi connectivity index (χ0n) is 11.3. The van der Waals surface area contributed by atoms with Gasteiger partial charge in [-0.25, -0.2) is 4.98 Å². The summed E-state index contributed by atoms with van der Waals surface area (Å²) in [7, 11) is 0. The summed E-state index contributed by atoms with van der Waals surface area (Å²) in [4.78, 5) is 17.4. The molecule has 0 aliphatic heterocycles. The van der Waals surface area contributed by atoms with E-state index in [-0.39, 0.29) is 5.91 Å². The number of amides is 1. The summed E-state index contributed by atoms with van der Waals surface area (Å²) in [6, 6.07) is 12.0. The van der Waals surface area contributed by atoms with Gasteiger partial charge >= 0.3 is 0 Å². The third-order valence-corrected chi connectivity index (χ3v) is 4.75. The zero-order chi connectivity index (χ0) is 14.5. The van der Waals surface area contributed by atoms with Gasteiger partial charge in [-0.05, 0) is 17.0 Å². The SMILES string of the molecule is O=C(Cc1cccs1)NCc1ccccc1-c1nccs1. The van der Waals surface area contributed by atoms with Crippen LogP contribution in [0.3, 0.4) is 0 Å². The fraction of sp³-hybridized carbons (Fsp3) is 0.125. The number of aromatic nitrogens is 1. The Balaban J connectivity index is 1.67. The van der Waals surface area contributed by atoms with Crippen molar-refractivity contribution in [3.63, 3.8) is 0 Å². The molecule has 0 aliphatic carbocycles. The average molecular weight is 314 g/mol. The van der Waals surface area contributed by atoms with Gasteiger partial charge in [0.25, 0.3) is 0 Å². The van der Waals surface area contributed by atoms with Gasteiger partial charge in [0.1, 0.15) is 5.01 Å². The zero-order valence-corrected chi connectivity index (χ0v) is 12.9. The van der Waals surface area contributed by atoms with E-state index >= 15 is 0 Å². The molecule has 2 aromatic heterocycles. The third-order valence-electron chi connectivity index (χ3n) is 3.07. The van der Waals surface area contributed by atoms with Gasteiger partial charge in [-0.2, -0.15) is 0 Å². The Kier molecular flexibility index (Phi) is 4.43. The molecule has 3 nitrogen and oxygen atoms in total. The van der Waals surface area contributed by atoms with Crippen LogP contribution in [0, 0.1) is 0 Å². The van der Waals surface area contributed by atoms with Crippen molar-refractivity contribution in [1.82, 2.24) is 10.3 Å². The monoisotopic (exact) mass is 314 g/mol. The van der Waals surface area contributed by atoms with Crippen LogP contribution in [-0.2, 0) is 17.8 Å². The lowest BCUT2D eigenvalue weighted by Crippen LogP contribution is -2.24. The molecule has 2 heterocycles. The van der Waals surface area contributed by atoms with Crippen LogP contribution in [-0.4, -0.2) is 10.9 Å². The molecule has 0 bridgehead atoms. The predicted octanol–water partition coefficient (Wildman–Crippen LogP) is 3.73. The molecule has 5 heteroatoms. The molecule has 3 aromatic rings. The Morgan fingerprint density at radius 2 is 2.00 bits per heavy atom. The minimum Gasteiger partial charge on any atom is -0.352 e. The van der Waals surface area contributed by atoms with Crippen molar-refractivity contribution in [1.29, 1.82) is 0 Å². The van der Waals surface area contributed by atoms with Crippen LogP contribution in [0.2, 0.25) is 0 Å². The molecule has 21 heavy (non-hydrogen) atoms. The number of nitrogens with one attached hydrogen (secondary N) is 1. The van der Waals surface area contributed by atoms with Crippen LogP contribution in [0.5, 0.6) is 0 Å². The first-order valence-corrected chi connectivity index (χ1v) is 8.36. The fourth-order valence-electron chi connectivity index (χ4n) is 2.07. The fourth-order valence-corrected chi connectivity index (χ4v) is 3.47. The summed E-state index contributed by atoms with van der Waals surface area (Å²) in [6.45, 7) is 0.528. The van der Waals surface area contributed by atoms with Crippen molar-refractivity contribution in [2.45, 2.75) is 13.0 Å². The molecule has 1 amide bonds. The number of hydrogen-bond acceptors (Lipinski definition) is 4. The summed E-state index contributed by atoms with van der Waals surface area (Å²) in [5.41, 5.74) is 2.18. The van der Waals surface area contributed by atoms with E-state index in [4.69, 9.17) is 0 Å². The highest BCUT2D eigenvalue weighted by Gasteiger charge is 2.09. The van der Waals surface area contributed by atoms with E-state index in [0.29, 0.717) is 13.0 Å². The van der Waals surface area contributed by atoms with E-state index < -0.39 is 0 Å². The Morgan fingerprint density at radius 1 is 1.10 bits per heavy atom. The number of thiazole rings is 1. The number of carbonyl (C=O) groups excluding carboxylic acids is 1. The second kappa shape index (κ2) is 6.65. The first-order valence-electron chi connectivity index (χ1n) is 6.60. The molecule has 0 radical (unpaired) electrons. The number of rotatable bonds is 5. The van der Waals surface area contributed by atoms with Gasteiger partial charge in [-0.15, -0.1) is 22.7 Å². The molecule has 106 valence electrons. The second-order valence-electron chi connectivity index (χ2n) is 4.53. The van der Waals surface area contributed by atoms with Gasteiger partial charge in [-0.3, -0.25) is 4.79 Å². The lowest BCUT2D eigenvalue weighted by Gasteiger charge is -2.08. The van der Waals surface area contributed by atoms with E-state index in [1.807, 2.05) is 47.2 Å². The summed E-state index contributed by atoms with van der Waals surface area (Å²) in [5.74, 6) is 0.0476. The number of nitrogens with zero attached hydrogens (tertiary/aromatic N) is 1. The van der Waals surface area contributed by atoms with E-state index in [0.717, 1.165) is 21.0 Å². The molecule has 0 spiro atoms. The molecule has 1 N–H and O–H groups in total. The van der Waals surface area contributed by atoms with E-state index in [1.54, 1.807) is 28.9 Å². The van der Waals surface area contributed by atoms with Gasteiger partial charge in [0, 0.05) is 28.6 Å². The lowest BCUT2D eigenvalue weighted by molar-refractivity contribution is -0.120. The van der Waals surface area contributed by atoms with Gasteiger partial charge in [0.15, 0.2) is 0 Å². The van der Waals surface area contributed by atoms with E-state index in [2.05, 4.69) is 10.3 Å². The molecule has 0 aliphatic rings. The Labute approximate surface area is 131 Å². The molecule has 1 aromatic carbocycles. The standard InChI is InChI=1S/C16H14N2OS2/c19-15(10-13-5-3-8-20-13)18-11-12-4-1-2-6-14(12)16-17-7-9-21-16/h1-9H,10-11H2,(H,18,19). The first kappa shape index (κ1) is 14.0. The number of hydrogen-bond donors (Lipinski definition) is 1. The molecule has 0 saturated carbocycles.